The van der Waals surface area contributed by atoms with Gasteiger partial charge in [-0.3, -0.25) is 0 Å². The molecule has 2 heteroatoms. The maximum absolute atomic E-state index is 3.41. The number of likely N-dealkylation sites (N-methyl/N-ethyl adjacent to an activating group) is 1. The van der Waals surface area contributed by atoms with Crippen LogP contribution in [0.25, 0.3) is 0 Å². The molecule has 1 rings (SSSR count). The van der Waals surface area contributed by atoms with Gasteiger partial charge in [0.1, 0.15) is 0 Å². The third kappa shape index (κ3) is 3.81. The molecule has 14 heavy (non-hydrogen) atoms. The molecule has 0 aliphatic carbocycles. The van der Waals surface area contributed by atoms with Gasteiger partial charge >= 0.3 is 0 Å². The smallest absolute Gasteiger partial charge is 0.0107 e. The minimum Gasteiger partial charge on any atom is -0.317 e. The summed E-state index contributed by atoms with van der Waals surface area (Å²) >= 11 is 1.79. The Balaban J connectivity index is 2.39. The van der Waals surface area contributed by atoms with Gasteiger partial charge in [-0.05, 0) is 48.2 Å². The van der Waals surface area contributed by atoms with Gasteiger partial charge in [0, 0.05) is 6.04 Å². The summed E-state index contributed by atoms with van der Waals surface area (Å²) in [6.45, 7) is 4.60. The van der Waals surface area contributed by atoms with E-state index in [0.717, 1.165) is 5.92 Å². The van der Waals surface area contributed by atoms with E-state index in [4.69, 9.17) is 0 Å². The quantitative estimate of drug-likeness (QED) is 0.761. The Bertz CT molecular complexity index is 230. The molecule has 0 bridgehead atoms. The molecular formula is C12H21NS. The zero-order valence-electron chi connectivity index (χ0n) is 9.42. The lowest BCUT2D eigenvalue weighted by atomic mass is 9.96. The minimum atomic E-state index is 0.638. The summed E-state index contributed by atoms with van der Waals surface area (Å²) < 4.78 is 0. The van der Waals surface area contributed by atoms with E-state index in [0.29, 0.717) is 6.04 Å². The van der Waals surface area contributed by atoms with Crippen molar-refractivity contribution in [3.05, 3.63) is 22.4 Å². The number of thiophene rings is 1. The maximum atomic E-state index is 3.41. The van der Waals surface area contributed by atoms with Crippen LogP contribution >= 0.6 is 11.3 Å². The van der Waals surface area contributed by atoms with Crippen molar-refractivity contribution in [2.24, 2.45) is 5.92 Å². The van der Waals surface area contributed by atoms with Gasteiger partial charge in [0.25, 0.3) is 0 Å². The van der Waals surface area contributed by atoms with Gasteiger partial charge in [0.05, 0.1) is 0 Å². The molecule has 1 aromatic heterocycles. The van der Waals surface area contributed by atoms with Crippen molar-refractivity contribution in [3.8, 4) is 0 Å². The Labute approximate surface area is 91.5 Å². The van der Waals surface area contributed by atoms with E-state index in [9.17, 15) is 0 Å². The fraction of sp³-hybridized carbons (Fsp3) is 0.667. The monoisotopic (exact) mass is 211 g/mol. The summed E-state index contributed by atoms with van der Waals surface area (Å²) in [6.07, 6.45) is 3.73. The van der Waals surface area contributed by atoms with Gasteiger partial charge < -0.3 is 5.32 Å². The Morgan fingerprint density at radius 3 is 2.79 bits per heavy atom. The van der Waals surface area contributed by atoms with Gasteiger partial charge in [-0.25, -0.2) is 0 Å². The van der Waals surface area contributed by atoms with Crippen LogP contribution in [0.15, 0.2) is 16.8 Å². The fourth-order valence-corrected chi connectivity index (χ4v) is 2.33. The van der Waals surface area contributed by atoms with Gasteiger partial charge in [-0.15, -0.1) is 0 Å². The second kappa shape index (κ2) is 6.20. The third-order valence-corrected chi connectivity index (χ3v) is 3.59. The SMILES string of the molecule is CCC(C)CC(Cc1ccsc1)NC. The lowest BCUT2D eigenvalue weighted by molar-refractivity contribution is 0.410. The highest BCUT2D eigenvalue weighted by molar-refractivity contribution is 7.07. The fourth-order valence-electron chi connectivity index (χ4n) is 1.65. The first-order valence-electron chi connectivity index (χ1n) is 5.44. The first-order chi connectivity index (χ1) is 6.76. The molecule has 1 nitrogen and oxygen atoms in total. The summed E-state index contributed by atoms with van der Waals surface area (Å²) in [5.74, 6) is 0.825. The largest absolute Gasteiger partial charge is 0.317 e. The van der Waals surface area contributed by atoms with Crippen molar-refractivity contribution in [1.29, 1.82) is 0 Å². The van der Waals surface area contributed by atoms with E-state index in [2.05, 4.69) is 43.0 Å². The van der Waals surface area contributed by atoms with Gasteiger partial charge in [0.2, 0.25) is 0 Å². The molecule has 1 aromatic rings. The standard InChI is InChI=1S/C12H21NS/c1-4-10(2)7-12(13-3)8-11-5-6-14-9-11/h5-6,9-10,12-13H,4,7-8H2,1-3H3. The molecular weight excluding hydrogens is 190 g/mol. The Kier molecular flexibility index (Phi) is 5.20. The lowest BCUT2D eigenvalue weighted by Gasteiger charge is -2.19. The van der Waals surface area contributed by atoms with E-state index < -0.39 is 0 Å². The highest BCUT2D eigenvalue weighted by Gasteiger charge is 2.10. The Morgan fingerprint density at radius 2 is 2.29 bits per heavy atom. The van der Waals surface area contributed by atoms with Gasteiger partial charge in [0.15, 0.2) is 0 Å². The second-order valence-corrected chi connectivity index (χ2v) is 4.85. The van der Waals surface area contributed by atoms with Crippen LogP contribution < -0.4 is 5.32 Å². The van der Waals surface area contributed by atoms with Gasteiger partial charge in [-0.1, -0.05) is 20.3 Å². The van der Waals surface area contributed by atoms with E-state index >= 15 is 0 Å². The first kappa shape index (κ1) is 11.7. The predicted octanol–water partition coefficient (Wildman–Crippen LogP) is 3.31. The maximum Gasteiger partial charge on any atom is 0.0107 e. The van der Waals surface area contributed by atoms with E-state index in [1.54, 1.807) is 11.3 Å². The molecule has 0 saturated carbocycles. The molecule has 0 radical (unpaired) electrons. The van der Waals surface area contributed by atoms with Crippen LogP contribution in [0.3, 0.4) is 0 Å². The highest BCUT2D eigenvalue weighted by atomic mass is 32.1. The normalized spacial score (nSPS) is 15.4. The number of hydrogen-bond donors (Lipinski definition) is 1. The average molecular weight is 211 g/mol. The molecule has 0 spiro atoms. The van der Waals surface area contributed by atoms with Crippen LogP contribution in [-0.4, -0.2) is 13.1 Å². The van der Waals surface area contributed by atoms with Crippen molar-refractivity contribution in [2.45, 2.75) is 39.2 Å². The van der Waals surface area contributed by atoms with Crippen molar-refractivity contribution in [1.82, 2.24) is 5.32 Å². The summed E-state index contributed by atoms with van der Waals surface area (Å²) in [7, 11) is 2.07. The van der Waals surface area contributed by atoms with E-state index in [1.807, 2.05) is 0 Å². The predicted molar refractivity (Wildman–Crippen MR) is 64.9 cm³/mol. The molecule has 1 heterocycles. The summed E-state index contributed by atoms with van der Waals surface area (Å²) in [6, 6.07) is 2.87. The molecule has 0 saturated heterocycles. The summed E-state index contributed by atoms with van der Waals surface area (Å²) in [4.78, 5) is 0. The molecule has 1 N–H and O–H groups in total. The lowest BCUT2D eigenvalue weighted by Crippen LogP contribution is -2.29. The van der Waals surface area contributed by atoms with Crippen LogP contribution in [0.1, 0.15) is 32.3 Å². The molecule has 2 unspecified atom stereocenters. The first-order valence-corrected chi connectivity index (χ1v) is 6.38. The molecule has 0 amide bonds. The zero-order chi connectivity index (χ0) is 10.4. The Hall–Kier alpha value is -0.340. The van der Waals surface area contributed by atoms with Crippen LogP contribution in [0, 0.1) is 5.92 Å². The van der Waals surface area contributed by atoms with E-state index in [-0.39, 0.29) is 0 Å². The van der Waals surface area contributed by atoms with Gasteiger partial charge in [-0.2, -0.15) is 11.3 Å². The summed E-state index contributed by atoms with van der Waals surface area (Å²) in [5.41, 5.74) is 1.47. The third-order valence-electron chi connectivity index (χ3n) is 2.85. The molecule has 2 atom stereocenters. The topological polar surface area (TPSA) is 12.0 Å². The Morgan fingerprint density at radius 1 is 1.50 bits per heavy atom. The van der Waals surface area contributed by atoms with Crippen molar-refractivity contribution < 1.29 is 0 Å². The summed E-state index contributed by atoms with van der Waals surface area (Å²) in [5, 5.41) is 7.82. The molecule has 0 aliphatic heterocycles. The zero-order valence-corrected chi connectivity index (χ0v) is 10.2. The number of rotatable bonds is 6. The van der Waals surface area contributed by atoms with Crippen LogP contribution in [0.2, 0.25) is 0 Å². The van der Waals surface area contributed by atoms with Crippen molar-refractivity contribution in [2.75, 3.05) is 7.05 Å². The van der Waals surface area contributed by atoms with Crippen molar-refractivity contribution >= 4 is 11.3 Å². The molecule has 0 aromatic carbocycles. The van der Waals surface area contributed by atoms with E-state index in [1.165, 1.54) is 24.8 Å². The second-order valence-electron chi connectivity index (χ2n) is 4.07. The average Bonchev–Trinajstić information content (AvgIpc) is 2.69. The van der Waals surface area contributed by atoms with Crippen LogP contribution in [0.4, 0.5) is 0 Å². The molecule has 0 fully saturated rings. The van der Waals surface area contributed by atoms with Crippen LogP contribution in [0.5, 0.6) is 0 Å². The van der Waals surface area contributed by atoms with Crippen molar-refractivity contribution in [3.63, 3.8) is 0 Å². The van der Waals surface area contributed by atoms with Crippen LogP contribution in [-0.2, 0) is 6.42 Å². The molecule has 0 aliphatic rings. The number of hydrogen-bond acceptors (Lipinski definition) is 2. The molecule has 80 valence electrons. The minimum absolute atomic E-state index is 0.638. The number of nitrogens with one attached hydrogen (secondary N) is 1. The highest BCUT2D eigenvalue weighted by Crippen LogP contribution is 2.15.